The zero-order valence-corrected chi connectivity index (χ0v) is 6.14. The minimum absolute atomic E-state index is 0.181. The molecule has 0 saturated heterocycles. The number of hydrogen-bond acceptors (Lipinski definition) is 2. The summed E-state index contributed by atoms with van der Waals surface area (Å²) < 4.78 is 0. The lowest BCUT2D eigenvalue weighted by atomic mass is 10.2. The molecule has 0 atom stereocenters. The van der Waals surface area contributed by atoms with Crippen LogP contribution in [0.4, 0.5) is 0 Å². The first-order valence-electron chi connectivity index (χ1n) is 2.86. The summed E-state index contributed by atoms with van der Waals surface area (Å²) in [5, 5.41) is 8.27. The molecule has 0 aliphatic carbocycles. The summed E-state index contributed by atoms with van der Waals surface area (Å²) in [6.07, 6.45) is 1.28. The Morgan fingerprint density at radius 3 is 2.40 bits per heavy atom. The standard InChI is InChI=1S/C8H9NO/c1-6(2)8(10)4-7(3)5-9/h4H,1H2,2-3H3. The molecule has 0 radical (unpaired) electrons. The zero-order valence-electron chi connectivity index (χ0n) is 6.14. The molecule has 0 aromatic carbocycles. The predicted molar refractivity (Wildman–Crippen MR) is 39.2 cm³/mol. The minimum Gasteiger partial charge on any atom is -0.290 e. The molecule has 0 spiro atoms. The number of rotatable bonds is 2. The van der Waals surface area contributed by atoms with Crippen molar-refractivity contribution in [3.8, 4) is 6.07 Å². The van der Waals surface area contributed by atoms with Crippen molar-refractivity contribution in [2.24, 2.45) is 0 Å². The van der Waals surface area contributed by atoms with Crippen LogP contribution in [-0.2, 0) is 4.79 Å². The third kappa shape index (κ3) is 2.83. The monoisotopic (exact) mass is 135 g/mol. The third-order valence-corrected chi connectivity index (χ3v) is 0.945. The molecular formula is C8H9NO. The van der Waals surface area contributed by atoms with Crippen molar-refractivity contribution in [2.45, 2.75) is 13.8 Å². The van der Waals surface area contributed by atoms with E-state index in [2.05, 4.69) is 6.58 Å². The highest BCUT2D eigenvalue weighted by Gasteiger charge is 1.96. The van der Waals surface area contributed by atoms with Crippen molar-refractivity contribution >= 4 is 5.78 Å². The van der Waals surface area contributed by atoms with Gasteiger partial charge >= 0.3 is 0 Å². The van der Waals surface area contributed by atoms with Crippen LogP contribution < -0.4 is 0 Å². The molecule has 0 rings (SSSR count). The maximum absolute atomic E-state index is 10.8. The van der Waals surface area contributed by atoms with Gasteiger partial charge in [0, 0.05) is 5.57 Å². The molecule has 0 saturated carbocycles. The van der Waals surface area contributed by atoms with Gasteiger partial charge in [-0.15, -0.1) is 0 Å². The van der Waals surface area contributed by atoms with Gasteiger partial charge in [-0.1, -0.05) is 6.58 Å². The molecular weight excluding hydrogens is 126 g/mol. The van der Waals surface area contributed by atoms with Gasteiger partial charge < -0.3 is 0 Å². The van der Waals surface area contributed by atoms with Gasteiger partial charge in [-0.3, -0.25) is 4.79 Å². The van der Waals surface area contributed by atoms with E-state index in [1.807, 2.05) is 6.07 Å². The summed E-state index contributed by atoms with van der Waals surface area (Å²) in [5.74, 6) is -0.181. The average Bonchev–Trinajstić information content (AvgIpc) is 1.87. The fourth-order valence-corrected chi connectivity index (χ4v) is 0.352. The van der Waals surface area contributed by atoms with E-state index >= 15 is 0 Å². The fourth-order valence-electron chi connectivity index (χ4n) is 0.352. The molecule has 0 N–H and O–H groups in total. The largest absolute Gasteiger partial charge is 0.290 e. The first kappa shape index (κ1) is 8.64. The quantitative estimate of drug-likeness (QED) is 0.426. The molecule has 0 aromatic heterocycles. The van der Waals surface area contributed by atoms with Crippen molar-refractivity contribution < 1.29 is 4.79 Å². The van der Waals surface area contributed by atoms with Crippen LogP contribution in [0.2, 0.25) is 0 Å². The van der Waals surface area contributed by atoms with Crippen molar-refractivity contribution in [2.75, 3.05) is 0 Å². The Hall–Kier alpha value is -1.36. The minimum atomic E-state index is -0.181. The van der Waals surface area contributed by atoms with E-state index in [-0.39, 0.29) is 5.78 Å². The smallest absolute Gasteiger partial charge is 0.181 e. The maximum Gasteiger partial charge on any atom is 0.181 e. The van der Waals surface area contributed by atoms with E-state index in [1.54, 1.807) is 13.8 Å². The maximum atomic E-state index is 10.8. The summed E-state index contributed by atoms with van der Waals surface area (Å²) in [4.78, 5) is 10.8. The zero-order chi connectivity index (χ0) is 8.15. The molecule has 0 unspecified atom stereocenters. The molecule has 0 fully saturated rings. The van der Waals surface area contributed by atoms with Gasteiger partial charge in [-0.2, -0.15) is 5.26 Å². The van der Waals surface area contributed by atoms with E-state index in [1.165, 1.54) is 6.08 Å². The van der Waals surface area contributed by atoms with Crippen molar-refractivity contribution in [3.63, 3.8) is 0 Å². The molecule has 0 aliphatic heterocycles. The van der Waals surface area contributed by atoms with Crippen LogP contribution in [0.25, 0.3) is 0 Å². The van der Waals surface area contributed by atoms with Gasteiger partial charge in [0.2, 0.25) is 0 Å². The second-order valence-corrected chi connectivity index (χ2v) is 2.08. The van der Waals surface area contributed by atoms with Crippen molar-refractivity contribution in [3.05, 3.63) is 23.8 Å². The third-order valence-electron chi connectivity index (χ3n) is 0.945. The number of carbonyl (C=O) groups excluding carboxylic acids is 1. The van der Waals surface area contributed by atoms with Crippen molar-refractivity contribution in [1.82, 2.24) is 0 Å². The lowest BCUT2D eigenvalue weighted by Crippen LogP contribution is -1.92. The molecule has 10 heavy (non-hydrogen) atoms. The van der Waals surface area contributed by atoms with E-state index < -0.39 is 0 Å². The van der Waals surface area contributed by atoms with Gasteiger partial charge in [0.1, 0.15) is 0 Å². The first-order valence-corrected chi connectivity index (χ1v) is 2.86. The molecule has 2 nitrogen and oxygen atoms in total. The highest BCUT2D eigenvalue weighted by molar-refractivity contribution is 6.03. The van der Waals surface area contributed by atoms with Crippen LogP contribution in [0.5, 0.6) is 0 Å². The number of nitrogens with zero attached hydrogens (tertiary/aromatic N) is 1. The number of carbonyl (C=O) groups is 1. The summed E-state index contributed by atoms with van der Waals surface area (Å²) in [6.45, 7) is 6.64. The first-order chi connectivity index (χ1) is 4.57. The van der Waals surface area contributed by atoms with E-state index in [4.69, 9.17) is 5.26 Å². The molecule has 0 heterocycles. The Morgan fingerprint density at radius 2 is 2.10 bits per heavy atom. The van der Waals surface area contributed by atoms with Crippen LogP contribution in [0.15, 0.2) is 23.8 Å². The second kappa shape index (κ2) is 3.62. The number of hydrogen-bond donors (Lipinski definition) is 0. The summed E-state index contributed by atoms with van der Waals surface area (Å²) in [6, 6.07) is 1.85. The summed E-state index contributed by atoms with van der Waals surface area (Å²) >= 11 is 0. The number of nitriles is 1. The SMILES string of the molecule is C=C(C)C(=O)C=C(C)C#N. The van der Waals surface area contributed by atoms with E-state index in [9.17, 15) is 4.79 Å². The number of ketones is 1. The predicted octanol–water partition coefficient (Wildman–Crippen LogP) is 1.60. The summed E-state index contributed by atoms with van der Waals surface area (Å²) in [7, 11) is 0. The van der Waals surface area contributed by atoms with Gasteiger partial charge in [0.25, 0.3) is 0 Å². The number of allylic oxidation sites excluding steroid dienone is 3. The Kier molecular flexibility index (Phi) is 3.13. The topological polar surface area (TPSA) is 40.9 Å². The highest BCUT2D eigenvalue weighted by Crippen LogP contribution is 1.95. The summed E-state index contributed by atoms with van der Waals surface area (Å²) in [5.41, 5.74) is 0.864. The molecule has 0 amide bonds. The lowest BCUT2D eigenvalue weighted by molar-refractivity contribution is -0.111. The Bertz CT molecular complexity index is 230. The van der Waals surface area contributed by atoms with Crippen LogP contribution in [0.3, 0.4) is 0 Å². The normalized spacial score (nSPS) is 10.3. The highest BCUT2D eigenvalue weighted by atomic mass is 16.1. The molecule has 0 aliphatic rings. The van der Waals surface area contributed by atoms with Crippen LogP contribution >= 0.6 is 0 Å². The second-order valence-electron chi connectivity index (χ2n) is 2.08. The van der Waals surface area contributed by atoms with Gasteiger partial charge in [0.15, 0.2) is 5.78 Å². The Balaban J connectivity index is 4.32. The van der Waals surface area contributed by atoms with Gasteiger partial charge in [-0.05, 0) is 25.5 Å². The Labute approximate surface area is 60.5 Å². The van der Waals surface area contributed by atoms with E-state index in [0.717, 1.165) is 0 Å². The van der Waals surface area contributed by atoms with Crippen LogP contribution in [0, 0.1) is 11.3 Å². The molecule has 0 aromatic rings. The lowest BCUT2D eigenvalue weighted by Gasteiger charge is -1.88. The average molecular weight is 135 g/mol. The molecule has 52 valence electrons. The molecule has 0 bridgehead atoms. The fraction of sp³-hybridized carbons (Fsp3) is 0.250. The van der Waals surface area contributed by atoms with Crippen molar-refractivity contribution in [1.29, 1.82) is 5.26 Å². The van der Waals surface area contributed by atoms with E-state index in [0.29, 0.717) is 11.1 Å². The van der Waals surface area contributed by atoms with Gasteiger partial charge in [-0.25, -0.2) is 0 Å². The molecule has 2 heteroatoms. The Morgan fingerprint density at radius 1 is 1.60 bits per heavy atom. The van der Waals surface area contributed by atoms with Gasteiger partial charge in [0.05, 0.1) is 6.07 Å². The van der Waals surface area contributed by atoms with Crippen LogP contribution in [0.1, 0.15) is 13.8 Å². The van der Waals surface area contributed by atoms with Crippen LogP contribution in [-0.4, -0.2) is 5.78 Å².